The summed E-state index contributed by atoms with van der Waals surface area (Å²) >= 11 is 1.53. The molecular weight excluding hydrogens is 266 g/mol. The molecule has 3 N–H and O–H groups in total. The molecule has 0 aliphatic heterocycles. The smallest absolute Gasteiger partial charge is 0.326 e. The average molecular weight is 283 g/mol. The fraction of sp³-hybridized carbons (Fsp3) is 0.385. The van der Waals surface area contributed by atoms with Crippen molar-refractivity contribution in [3.05, 3.63) is 29.3 Å². The molecule has 1 aromatic carbocycles. The van der Waals surface area contributed by atoms with Gasteiger partial charge in [-0.15, -0.1) is 0 Å². The maximum atomic E-state index is 11.9. The number of carboxylic acids is 1. The summed E-state index contributed by atoms with van der Waals surface area (Å²) in [5.41, 5.74) is 0.911. The van der Waals surface area contributed by atoms with E-state index in [-0.39, 0.29) is 5.75 Å². The van der Waals surface area contributed by atoms with E-state index >= 15 is 0 Å². The SMILES string of the molecule is CSCC[C@@H](NC(=O)c1ccc(O)c(C)c1)C(=O)O. The number of phenols is 1. The Morgan fingerprint density at radius 2 is 2.11 bits per heavy atom. The Morgan fingerprint density at radius 1 is 1.42 bits per heavy atom. The summed E-state index contributed by atoms with van der Waals surface area (Å²) in [5, 5.41) is 20.9. The minimum absolute atomic E-state index is 0.105. The van der Waals surface area contributed by atoms with Gasteiger partial charge in [0.2, 0.25) is 0 Å². The molecule has 0 aliphatic carbocycles. The predicted molar refractivity (Wildman–Crippen MR) is 74.7 cm³/mol. The number of aryl methyl sites for hydroxylation is 1. The van der Waals surface area contributed by atoms with Crippen molar-refractivity contribution in [3.8, 4) is 5.75 Å². The van der Waals surface area contributed by atoms with Gasteiger partial charge in [0.05, 0.1) is 0 Å². The van der Waals surface area contributed by atoms with Crippen molar-refractivity contribution in [2.75, 3.05) is 12.0 Å². The molecule has 0 fully saturated rings. The van der Waals surface area contributed by atoms with Crippen LogP contribution in [0, 0.1) is 6.92 Å². The highest BCUT2D eigenvalue weighted by atomic mass is 32.2. The summed E-state index contributed by atoms with van der Waals surface area (Å²) < 4.78 is 0. The first-order valence-corrected chi connectivity index (χ1v) is 7.17. The number of carboxylic acid groups (broad SMARTS) is 1. The number of carbonyl (C=O) groups excluding carboxylic acids is 1. The number of nitrogens with one attached hydrogen (secondary N) is 1. The summed E-state index contributed by atoms with van der Waals surface area (Å²) in [4.78, 5) is 23.0. The monoisotopic (exact) mass is 283 g/mol. The highest BCUT2D eigenvalue weighted by Gasteiger charge is 2.20. The van der Waals surface area contributed by atoms with Crippen LogP contribution < -0.4 is 5.32 Å². The minimum atomic E-state index is -1.04. The van der Waals surface area contributed by atoms with Crippen LogP contribution in [0.3, 0.4) is 0 Å². The summed E-state index contributed by atoms with van der Waals surface area (Å²) in [6.45, 7) is 1.68. The van der Waals surface area contributed by atoms with Gasteiger partial charge in [0.1, 0.15) is 11.8 Å². The van der Waals surface area contributed by atoms with Crippen LogP contribution in [0.1, 0.15) is 22.3 Å². The van der Waals surface area contributed by atoms with E-state index in [2.05, 4.69) is 5.32 Å². The Hall–Kier alpha value is -1.69. The Balaban J connectivity index is 2.75. The van der Waals surface area contributed by atoms with E-state index in [9.17, 15) is 14.7 Å². The molecule has 19 heavy (non-hydrogen) atoms. The van der Waals surface area contributed by atoms with Gasteiger partial charge >= 0.3 is 5.97 Å². The molecule has 0 radical (unpaired) electrons. The van der Waals surface area contributed by atoms with Crippen LogP contribution in [0.4, 0.5) is 0 Å². The summed E-state index contributed by atoms with van der Waals surface area (Å²) in [6.07, 6.45) is 2.25. The number of carbonyl (C=O) groups is 2. The number of aliphatic carboxylic acids is 1. The molecule has 1 atom stereocenters. The van der Waals surface area contributed by atoms with Gasteiger partial charge in [-0.2, -0.15) is 11.8 Å². The molecule has 1 rings (SSSR count). The van der Waals surface area contributed by atoms with E-state index in [0.717, 1.165) is 0 Å². The average Bonchev–Trinajstić information content (AvgIpc) is 2.37. The van der Waals surface area contributed by atoms with Gasteiger partial charge in [-0.05, 0) is 49.1 Å². The molecule has 0 bridgehead atoms. The lowest BCUT2D eigenvalue weighted by molar-refractivity contribution is -0.139. The van der Waals surface area contributed by atoms with Crippen molar-refractivity contribution < 1.29 is 19.8 Å². The van der Waals surface area contributed by atoms with Crippen LogP contribution >= 0.6 is 11.8 Å². The van der Waals surface area contributed by atoms with Crippen LogP contribution in [-0.2, 0) is 4.79 Å². The molecule has 0 saturated heterocycles. The molecule has 0 unspecified atom stereocenters. The fourth-order valence-electron chi connectivity index (χ4n) is 1.53. The van der Waals surface area contributed by atoms with Gasteiger partial charge in [-0.3, -0.25) is 4.79 Å². The number of thioether (sulfide) groups is 1. The van der Waals surface area contributed by atoms with Crippen LogP contribution in [0.15, 0.2) is 18.2 Å². The molecule has 1 aromatic rings. The second kappa shape index (κ2) is 7.04. The first kappa shape index (κ1) is 15.4. The van der Waals surface area contributed by atoms with Crippen molar-refractivity contribution in [3.63, 3.8) is 0 Å². The molecule has 6 heteroatoms. The fourth-order valence-corrected chi connectivity index (χ4v) is 2.00. The number of aromatic hydroxyl groups is 1. The molecule has 5 nitrogen and oxygen atoms in total. The molecule has 0 saturated carbocycles. The molecule has 0 aliphatic rings. The number of benzene rings is 1. The van der Waals surface area contributed by atoms with Gasteiger partial charge in [0, 0.05) is 5.56 Å². The Kier molecular flexibility index (Phi) is 5.69. The van der Waals surface area contributed by atoms with E-state index in [1.165, 1.54) is 30.0 Å². The van der Waals surface area contributed by atoms with Crippen molar-refractivity contribution in [2.45, 2.75) is 19.4 Å². The van der Waals surface area contributed by atoms with E-state index in [4.69, 9.17) is 5.11 Å². The predicted octanol–water partition coefficient (Wildman–Crippen LogP) is 1.64. The lowest BCUT2D eigenvalue weighted by Crippen LogP contribution is -2.41. The van der Waals surface area contributed by atoms with E-state index in [1.807, 2.05) is 6.26 Å². The molecular formula is C13H17NO4S. The zero-order valence-corrected chi connectivity index (χ0v) is 11.7. The molecule has 0 aromatic heterocycles. The van der Waals surface area contributed by atoms with Crippen molar-refractivity contribution in [1.82, 2.24) is 5.32 Å². The molecule has 104 valence electrons. The van der Waals surface area contributed by atoms with Gasteiger partial charge < -0.3 is 15.5 Å². The van der Waals surface area contributed by atoms with Crippen LogP contribution in [0.25, 0.3) is 0 Å². The summed E-state index contributed by atoms with van der Waals surface area (Å²) in [7, 11) is 0. The quantitative estimate of drug-likeness (QED) is 0.739. The lowest BCUT2D eigenvalue weighted by Gasteiger charge is -2.14. The normalized spacial score (nSPS) is 11.9. The van der Waals surface area contributed by atoms with Gasteiger partial charge in [0.15, 0.2) is 0 Å². The number of amides is 1. The van der Waals surface area contributed by atoms with Gasteiger partial charge in [-0.25, -0.2) is 4.79 Å². The summed E-state index contributed by atoms with van der Waals surface area (Å²) in [5.74, 6) is -0.727. The second-order valence-electron chi connectivity index (χ2n) is 4.15. The van der Waals surface area contributed by atoms with Gasteiger partial charge in [-0.1, -0.05) is 0 Å². The number of phenolic OH excluding ortho intramolecular Hbond substituents is 1. The third-order valence-corrected chi connectivity index (χ3v) is 3.32. The topological polar surface area (TPSA) is 86.6 Å². The first-order chi connectivity index (χ1) is 8.95. The zero-order chi connectivity index (χ0) is 14.4. The van der Waals surface area contributed by atoms with Gasteiger partial charge in [0.25, 0.3) is 5.91 Å². The highest BCUT2D eigenvalue weighted by molar-refractivity contribution is 7.98. The van der Waals surface area contributed by atoms with Crippen LogP contribution in [0.5, 0.6) is 5.75 Å². The standard InChI is InChI=1S/C13H17NO4S/c1-8-7-9(3-4-11(8)15)12(16)14-10(13(17)18)5-6-19-2/h3-4,7,10,15H,5-6H2,1-2H3,(H,14,16)(H,17,18)/t10-/m1/s1. The van der Waals surface area contributed by atoms with Crippen molar-refractivity contribution >= 4 is 23.6 Å². The Labute approximate surface area is 116 Å². The second-order valence-corrected chi connectivity index (χ2v) is 5.13. The third-order valence-electron chi connectivity index (χ3n) is 2.67. The minimum Gasteiger partial charge on any atom is -0.508 e. The van der Waals surface area contributed by atoms with E-state index < -0.39 is 17.9 Å². The van der Waals surface area contributed by atoms with Crippen LogP contribution in [0.2, 0.25) is 0 Å². The van der Waals surface area contributed by atoms with Crippen LogP contribution in [-0.4, -0.2) is 40.1 Å². The number of hydrogen-bond acceptors (Lipinski definition) is 4. The van der Waals surface area contributed by atoms with Crippen molar-refractivity contribution in [1.29, 1.82) is 0 Å². The third kappa shape index (κ3) is 4.48. The van der Waals surface area contributed by atoms with E-state index in [0.29, 0.717) is 23.3 Å². The Morgan fingerprint density at radius 3 is 2.63 bits per heavy atom. The van der Waals surface area contributed by atoms with E-state index in [1.54, 1.807) is 6.92 Å². The lowest BCUT2D eigenvalue weighted by atomic mass is 10.1. The maximum Gasteiger partial charge on any atom is 0.326 e. The van der Waals surface area contributed by atoms with Crippen molar-refractivity contribution in [2.24, 2.45) is 0 Å². The number of hydrogen-bond donors (Lipinski definition) is 3. The largest absolute Gasteiger partial charge is 0.508 e. The summed E-state index contributed by atoms with van der Waals surface area (Å²) in [6, 6.07) is 3.51. The molecule has 1 amide bonds. The molecule has 0 heterocycles. The molecule has 0 spiro atoms. The highest BCUT2D eigenvalue weighted by Crippen LogP contribution is 2.17. The zero-order valence-electron chi connectivity index (χ0n) is 10.8. The number of rotatable bonds is 6. The Bertz CT molecular complexity index is 476. The maximum absolute atomic E-state index is 11.9. The first-order valence-electron chi connectivity index (χ1n) is 5.78.